The van der Waals surface area contributed by atoms with Gasteiger partial charge in [0.25, 0.3) is 0 Å². The van der Waals surface area contributed by atoms with Crippen LogP contribution in [0.15, 0.2) is 24.3 Å². The number of benzene rings is 1. The lowest BCUT2D eigenvalue weighted by Crippen LogP contribution is -2.44. The molecule has 0 radical (unpaired) electrons. The molecular formula is C15H20N2O3S. The maximum Gasteiger partial charge on any atom is 0.327 e. The van der Waals surface area contributed by atoms with Crippen LogP contribution < -0.4 is 5.32 Å². The molecule has 0 aliphatic carbocycles. The largest absolute Gasteiger partial charge is 0.480 e. The molecule has 2 amide bonds. The van der Waals surface area contributed by atoms with Crippen molar-refractivity contribution in [2.24, 2.45) is 0 Å². The number of nitrogens with zero attached hydrogens (tertiary/aromatic N) is 1. The fourth-order valence-corrected chi connectivity index (χ4v) is 3.43. The van der Waals surface area contributed by atoms with Crippen LogP contribution in [0.2, 0.25) is 0 Å². The Morgan fingerprint density at radius 2 is 2.00 bits per heavy atom. The predicted molar refractivity (Wildman–Crippen MR) is 84.7 cm³/mol. The van der Waals surface area contributed by atoms with Crippen LogP contribution in [0.3, 0.4) is 0 Å². The second kappa shape index (κ2) is 5.97. The summed E-state index contributed by atoms with van der Waals surface area (Å²) < 4.78 is 0. The van der Waals surface area contributed by atoms with Gasteiger partial charge < -0.3 is 15.3 Å². The van der Waals surface area contributed by atoms with Gasteiger partial charge in [0, 0.05) is 11.4 Å². The molecule has 21 heavy (non-hydrogen) atoms. The molecule has 0 aromatic heterocycles. The third kappa shape index (κ3) is 3.50. The third-order valence-corrected chi connectivity index (χ3v) is 4.42. The normalized spacial score (nSPS) is 18.6. The molecule has 1 aromatic carbocycles. The summed E-state index contributed by atoms with van der Waals surface area (Å²) in [5.74, 6) is -0.122. The van der Waals surface area contributed by atoms with Gasteiger partial charge in [-0.1, -0.05) is 39.0 Å². The Morgan fingerprint density at radius 1 is 1.33 bits per heavy atom. The molecule has 0 bridgehead atoms. The Kier molecular flexibility index (Phi) is 4.46. The highest BCUT2D eigenvalue weighted by Gasteiger charge is 2.35. The van der Waals surface area contributed by atoms with Crippen LogP contribution in [0.4, 0.5) is 10.5 Å². The van der Waals surface area contributed by atoms with E-state index in [1.54, 1.807) is 0 Å². The van der Waals surface area contributed by atoms with Crippen molar-refractivity contribution in [2.75, 3.05) is 16.9 Å². The first-order valence-electron chi connectivity index (χ1n) is 6.78. The van der Waals surface area contributed by atoms with E-state index in [1.807, 2.05) is 24.3 Å². The minimum Gasteiger partial charge on any atom is -0.480 e. The van der Waals surface area contributed by atoms with Crippen LogP contribution >= 0.6 is 11.8 Å². The summed E-state index contributed by atoms with van der Waals surface area (Å²) in [7, 11) is 0. The van der Waals surface area contributed by atoms with E-state index >= 15 is 0 Å². The summed E-state index contributed by atoms with van der Waals surface area (Å²) in [6.07, 6.45) is 0. The monoisotopic (exact) mass is 308 g/mol. The zero-order valence-electron chi connectivity index (χ0n) is 12.4. The Balaban J connectivity index is 2.19. The van der Waals surface area contributed by atoms with Crippen LogP contribution in [-0.4, -0.2) is 39.7 Å². The quantitative estimate of drug-likeness (QED) is 0.881. The lowest BCUT2D eigenvalue weighted by atomic mass is 9.86. The fraction of sp³-hybridized carbons (Fsp3) is 0.467. The highest BCUT2D eigenvalue weighted by Crippen LogP contribution is 2.30. The molecule has 5 nitrogen and oxygen atoms in total. The molecule has 6 heteroatoms. The number of thioether (sulfide) groups is 1. The Hall–Kier alpha value is -1.69. The number of carboxylic acid groups (broad SMARTS) is 1. The molecule has 0 spiro atoms. The second-order valence-electron chi connectivity index (χ2n) is 6.05. The van der Waals surface area contributed by atoms with Gasteiger partial charge in [0.05, 0.1) is 5.88 Å². The Bertz CT molecular complexity index is 554. The smallest absolute Gasteiger partial charge is 0.327 e. The number of carboxylic acids is 1. The van der Waals surface area contributed by atoms with Crippen LogP contribution in [0.5, 0.6) is 0 Å². The number of amides is 2. The number of hydrogen-bond donors (Lipinski definition) is 2. The lowest BCUT2D eigenvalue weighted by Gasteiger charge is -2.25. The first-order valence-corrected chi connectivity index (χ1v) is 7.94. The zero-order valence-corrected chi connectivity index (χ0v) is 13.2. The van der Waals surface area contributed by atoms with Crippen molar-refractivity contribution in [2.45, 2.75) is 32.2 Å². The van der Waals surface area contributed by atoms with Gasteiger partial charge in [-0.25, -0.2) is 9.59 Å². The van der Waals surface area contributed by atoms with Crippen LogP contribution in [0.1, 0.15) is 26.3 Å². The summed E-state index contributed by atoms with van der Waals surface area (Å²) >= 11 is 1.45. The van der Waals surface area contributed by atoms with Crippen LogP contribution in [0.25, 0.3) is 0 Å². The number of nitrogens with one attached hydrogen (secondary N) is 1. The number of carbonyl (C=O) groups is 2. The van der Waals surface area contributed by atoms with E-state index in [0.717, 1.165) is 11.3 Å². The van der Waals surface area contributed by atoms with Gasteiger partial charge in [-0.2, -0.15) is 0 Å². The number of rotatable bonds is 2. The van der Waals surface area contributed by atoms with E-state index in [4.69, 9.17) is 5.11 Å². The molecule has 2 N–H and O–H groups in total. The lowest BCUT2D eigenvalue weighted by molar-refractivity contribution is -0.140. The first-order chi connectivity index (χ1) is 9.80. The molecule has 2 rings (SSSR count). The fourth-order valence-electron chi connectivity index (χ4n) is 2.28. The standard InChI is InChI=1S/C15H20N2O3S/c1-15(2,3)10-6-4-5-7-11(10)16-14(20)17-9-21-8-12(17)13(18)19/h4-7,12H,8-9H2,1-3H3,(H,16,20)(H,18,19). The van der Waals surface area contributed by atoms with Crippen molar-refractivity contribution in [1.82, 2.24) is 4.90 Å². The molecule has 1 heterocycles. The molecule has 1 unspecified atom stereocenters. The van der Waals surface area contributed by atoms with E-state index in [2.05, 4.69) is 26.1 Å². The van der Waals surface area contributed by atoms with Crippen molar-refractivity contribution < 1.29 is 14.7 Å². The van der Waals surface area contributed by atoms with Gasteiger partial charge in [-0.15, -0.1) is 11.8 Å². The van der Waals surface area contributed by atoms with Gasteiger partial charge >= 0.3 is 12.0 Å². The average Bonchev–Trinajstić information content (AvgIpc) is 2.87. The summed E-state index contributed by atoms with van der Waals surface area (Å²) in [6, 6.07) is 6.50. The maximum atomic E-state index is 12.3. The first kappa shape index (κ1) is 15.7. The molecule has 1 aliphatic rings. The molecule has 1 atom stereocenters. The molecule has 1 aromatic rings. The highest BCUT2D eigenvalue weighted by molar-refractivity contribution is 7.99. The topological polar surface area (TPSA) is 69.6 Å². The van der Waals surface area contributed by atoms with Crippen LogP contribution in [-0.2, 0) is 10.2 Å². The minimum absolute atomic E-state index is 0.101. The van der Waals surface area contributed by atoms with Gasteiger partial charge in [-0.3, -0.25) is 0 Å². The molecule has 114 valence electrons. The van der Waals surface area contributed by atoms with Crippen molar-refractivity contribution >= 4 is 29.4 Å². The van der Waals surface area contributed by atoms with Gasteiger partial charge in [-0.05, 0) is 17.0 Å². The van der Waals surface area contributed by atoms with E-state index < -0.39 is 12.0 Å². The van der Waals surface area contributed by atoms with E-state index in [0.29, 0.717) is 11.6 Å². The average molecular weight is 308 g/mol. The van der Waals surface area contributed by atoms with E-state index in [9.17, 15) is 9.59 Å². The second-order valence-corrected chi connectivity index (χ2v) is 7.05. The Morgan fingerprint density at radius 3 is 2.62 bits per heavy atom. The van der Waals surface area contributed by atoms with Crippen molar-refractivity contribution in [3.05, 3.63) is 29.8 Å². The summed E-state index contributed by atoms with van der Waals surface area (Å²) in [5, 5.41) is 12.0. The molecule has 0 saturated carbocycles. The maximum absolute atomic E-state index is 12.3. The molecule has 1 aliphatic heterocycles. The molecule has 1 saturated heterocycles. The number of anilines is 1. The SMILES string of the molecule is CC(C)(C)c1ccccc1NC(=O)N1CSCC1C(=O)O. The molecule has 1 fully saturated rings. The van der Waals surface area contributed by atoms with Crippen molar-refractivity contribution in [1.29, 1.82) is 0 Å². The van der Waals surface area contributed by atoms with Gasteiger partial charge in [0.2, 0.25) is 0 Å². The number of para-hydroxylation sites is 1. The van der Waals surface area contributed by atoms with Crippen molar-refractivity contribution in [3.8, 4) is 0 Å². The van der Waals surface area contributed by atoms with Crippen LogP contribution in [0, 0.1) is 0 Å². The Labute approximate surface area is 128 Å². The summed E-state index contributed by atoms with van der Waals surface area (Å²) in [4.78, 5) is 24.9. The third-order valence-electron chi connectivity index (χ3n) is 3.40. The minimum atomic E-state index is -0.959. The molecular weight excluding hydrogens is 288 g/mol. The number of aliphatic carboxylic acids is 1. The highest BCUT2D eigenvalue weighted by atomic mass is 32.2. The van der Waals surface area contributed by atoms with E-state index in [-0.39, 0.29) is 11.4 Å². The predicted octanol–water partition coefficient (Wildman–Crippen LogP) is 2.98. The van der Waals surface area contributed by atoms with Gasteiger partial charge in [0.1, 0.15) is 6.04 Å². The van der Waals surface area contributed by atoms with Crippen molar-refractivity contribution in [3.63, 3.8) is 0 Å². The summed E-state index contributed by atoms with van der Waals surface area (Å²) in [5.41, 5.74) is 1.66. The number of hydrogen-bond acceptors (Lipinski definition) is 3. The van der Waals surface area contributed by atoms with E-state index in [1.165, 1.54) is 16.7 Å². The number of urea groups is 1. The summed E-state index contributed by atoms with van der Waals surface area (Å²) in [6.45, 7) is 6.22. The zero-order chi connectivity index (χ0) is 15.6. The van der Waals surface area contributed by atoms with Gasteiger partial charge in [0.15, 0.2) is 0 Å². The number of carbonyl (C=O) groups excluding carboxylic acids is 1.